The summed E-state index contributed by atoms with van der Waals surface area (Å²) in [6, 6.07) is 1.13. The number of rotatable bonds is 5. The predicted molar refractivity (Wildman–Crippen MR) is 67.3 cm³/mol. The summed E-state index contributed by atoms with van der Waals surface area (Å²) in [5.74, 6) is -1.37. The Bertz CT molecular complexity index is 627. The van der Waals surface area contributed by atoms with Crippen molar-refractivity contribution in [3.63, 3.8) is 0 Å². The van der Waals surface area contributed by atoms with Gasteiger partial charge in [-0.1, -0.05) is 0 Å². The average molecular weight is 326 g/mol. The van der Waals surface area contributed by atoms with E-state index >= 15 is 0 Å². The Kier molecular flexibility index (Phi) is 4.27. The van der Waals surface area contributed by atoms with Crippen LogP contribution in [-0.4, -0.2) is 21.0 Å². The van der Waals surface area contributed by atoms with E-state index in [0.717, 1.165) is 18.9 Å². The van der Waals surface area contributed by atoms with E-state index in [1.54, 1.807) is 0 Å². The molecule has 1 fully saturated rings. The number of halogens is 4. The molecule has 1 aliphatic carbocycles. The molecule has 9 heteroatoms. The van der Waals surface area contributed by atoms with E-state index < -0.39 is 32.5 Å². The molecule has 1 saturated carbocycles. The maximum absolute atomic E-state index is 13.4. The van der Waals surface area contributed by atoms with Crippen molar-refractivity contribution in [1.82, 2.24) is 4.72 Å². The van der Waals surface area contributed by atoms with Crippen LogP contribution in [0.25, 0.3) is 0 Å². The first kappa shape index (κ1) is 16.2. The first-order chi connectivity index (χ1) is 9.61. The molecule has 21 heavy (non-hydrogen) atoms. The minimum atomic E-state index is -4.87. The lowest BCUT2D eigenvalue weighted by molar-refractivity contribution is -0.140. The third-order valence-electron chi connectivity index (χ3n) is 3.29. The summed E-state index contributed by atoms with van der Waals surface area (Å²) in [6.45, 7) is -0.0321. The third-order valence-corrected chi connectivity index (χ3v) is 4.71. The van der Waals surface area contributed by atoms with Gasteiger partial charge in [-0.2, -0.15) is 13.2 Å². The van der Waals surface area contributed by atoms with E-state index in [4.69, 9.17) is 5.73 Å². The zero-order chi connectivity index (χ0) is 15.8. The lowest BCUT2D eigenvalue weighted by Crippen LogP contribution is -2.38. The largest absolute Gasteiger partial charge is 0.419 e. The number of hydrogen-bond donors (Lipinski definition) is 2. The van der Waals surface area contributed by atoms with Crippen molar-refractivity contribution >= 4 is 10.0 Å². The highest BCUT2D eigenvalue weighted by molar-refractivity contribution is 7.89. The van der Waals surface area contributed by atoms with Gasteiger partial charge in [0.1, 0.15) is 5.82 Å². The van der Waals surface area contributed by atoms with Gasteiger partial charge in [-0.05, 0) is 37.0 Å². The Hall–Kier alpha value is -1.19. The SMILES string of the molecule is NC(CNS(=O)(=O)c1ccc(C(F)(F)F)c(F)c1)C1CC1. The number of benzene rings is 1. The zero-order valence-electron chi connectivity index (χ0n) is 10.8. The molecule has 1 aliphatic rings. The number of sulfonamides is 1. The fourth-order valence-electron chi connectivity index (χ4n) is 1.87. The molecule has 1 unspecified atom stereocenters. The quantitative estimate of drug-likeness (QED) is 0.811. The number of hydrogen-bond acceptors (Lipinski definition) is 3. The van der Waals surface area contributed by atoms with Gasteiger partial charge in [0.05, 0.1) is 10.5 Å². The van der Waals surface area contributed by atoms with Gasteiger partial charge >= 0.3 is 6.18 Å². The summed E-state index contributed by atoms with van der Waals surface area (Å²) in [6.07, 6.45) is -3.01. The van der Waals surface area contributed by atoms with E-state index in [1.807, 2.05) is 0 Å². The number of alkyl halides is 3. The number of nitrogens with two attached hydrogens (primary N) is 1. The lowest BCUT2D eigenvalue weighted by Gasteiger charge is -2.13. The van der Waals surface area contributed by atoms with Crippen molar-refractivity contribution in [2.24, 2.45) is 11.7 Å². The molecule has 0 amide bonds. The third kappa shape index (κ3) is 3.92. The van der Waals surface area contributed by atoms with Crippen molar-refractivity contribution in [3.05, 3.63) is 29.6 Å². The molecule has 0 bridgehead atoms. The molecule has 0 aliphatic heterocycles. The van der Waals surface area contributed by atoms with Crippen LogP contribution in [-0.2, 0) is 16.2 Å². The molecule has 0 heterocycles. The topological polar surface area (TPSA) is 72.2 Å². The monoisotopic (exact) mass is 326 g/mol. The molecular weight excluding hydrogens is 312 g/mol. The van der Waals surface area contributed by atoms with Gasteiger partial charge in [0.2, 0.25) is 10.0 Å². The fourth-order valence-corrected chi connectivity index (χ4v) is 2.96. The first-order valence-electron chi connectivity index (χ1n) is 6.23. The number of nitrogens with one attached hydrogen (secondary N) is 1. The van der Waals surface area contributed by atoms with Gasteiger partial charge in [0.15, 0.2) is 0 Å². The molecule has 0 saturated heterocycles. The summed E-state index contributed by atoms with van der Waals surface area (Å²) in [7, 11) is -4.08. The van der Waals surface area contributed by atoms with Gasteiger partial charge in [0, 0.05) is 12.6 Å². The average Bonchev–Trinajstić information content (AvgIpc) is 3.18. The Balaban J connectivity index is 2.14. The van der Waals surface area contributed by atoms with Crippen LogP contribution >= 0.6 is 0 Å². The molecule has 1 atom stereocenters. The molecule has 4 nitrogen and oxygen atoms in total. The van der Waals surface area contributed by atoms with Gasteiger partial charge in [-0.3, -0.25) is 0 Å². The Labute approximate surface area is 119 Å². The second-order valence-electron chi connectivity index (χ2n) is 4.99. The van der Waals surface area contributed by atoms with Gasteiger partial charge in [0.25, 0.3) is 0 Å². The highest BCUT2D eigenvalue weighted by Gasteiger charge is 2.35. The minimum Gasteiger partial charge on any atom is -0.326 e. The molecule has 1 aromatic rings. The molecule has 0 radical (unpaired) electrons. The summed E-state index contributed by atoms with van der Waals surface area (Å²) in [5.41, 5.74) is 4.22. The van der Waals surface area contributed by atoms with E-state index in [2.05, 4.69) is 4.72 Å². The van der Waals surface area contributed by atoms with Crippen molar-refractivity contribution in [3.8, 4) is 0 Å². The Morgan fingerprint density at radius 3 is 2.43 bits per heavy atom. The van der Waals surface area contributed by atoms with Crippen molar-refractivity contribution in [2.75, 3.05) is 6.54 Å². The van der Waals surface area contributed by atoms with Crippen LogP contribution in [0.3, 0.4) is 0 Å². The molecule has 1 aromatic carbocycles. The van der Waals surface area contributed by atoms with Crippen molar-refractivity contribution in [1.29, 1.82) is 0 Å². The van der Waals surface area contributed by atoms with Gasteiger partial charge in [-0.25, -0.2) is 17.5 Å². The molecule has 118 valence electrons. The zero-order valence-corrected chi connectivity index (χ0v) is 11.6. The second-order valence-corrected chi connectivity index (χ2v) is 6.76. The minimum absolute atomic E-state index is 0.0321. The molecule has 2 rings (SSSR count). The van der Waals surface area contributed by atoms with Crippen LogP contribution in [0.2, 0.25) is 0 Å². The van der Waals surface area contributed by atoms with E-state index in [-0.39, 0.29) is 18.5 Å². The van der Waals surface area contributed by atoms with Crippen LogP contribution in [0, 0.1) is 11.7 Å². The smallest absolute Gasteiger partial charge is 0.326 e. The van der Waals surface area contributed by atoms with Gasteiger partial charge < -0.3 is 5.73 Å². The summed E-state index contributed by atoms with van der Waals surface area (Å²) < 4.78 is 76.5. The van der Waals surface area contributed by atoms with Crippen molar-refractivity contribution in [2.45, 2.75) is 30.0 Å². The maximum Gasteiger partial charge on any atom is 0.419 e. The Morgan fingerprint density at radius 1 is 1.33 bits per heavy atom. The lowest BCUT2D eigenvalue weighted by atomic mass is 10.2. The molecule has 0 aromatic heterocycles. The summed E-state index contributed by atoms with van der Waals surface area (Å²) in [5, 5.41) is 0. The maximum atomic E-state index is 13.4. The van der Waals surface area contributed by atoms with E-state index in [9.17, 15) is 26.0 Å². The molecule has 3 N–H and O–H groups in total. The predicted octanol–water partition coefficient (Wildman–Crippen LogP) is 1.86. The van der Waals surface area contributed by atoms with Crippen LogP contribution in [0.15, 0.2) is 23.1 Å². The Morgan fingerprint density at radius 2 is 1.95 bits per heavy atom. The van der Waals surface area contributed by atoms with E-state index in [0.29, 0.717) is 12.1 Å². The molecule has 0 spiro atoms. The standard InChI is InChI=1S/C12H14F4N2O2S/c13-10-5-8(3-4-9(10)12(14,15)16)21(19,20)18-6-11(17)7-1-2-7/h3-5,7,11,18H,1-2,6,17H2. The first-order valence-corrected chi connectivity index (χ1v) is 7.71. The van der Waals surface area contributed by atoms with Crippen LogP contribution in [0.1, 0.15) is 18.4 Å². The molecular formula is C12H14F4N2O2S. The highest BCUT2D eigenvalue weighted by Crippen LogP contribution is 2.33. The highest BCUT2D eigenvalue weighted by atomic mass is 32.2. The van der Waals surface area contributed by atoms with Crippen LogP contribution in [0.4, 0.5) is 17.6 Å². The summed E-state index contributed by atoms with van der Waals surface area (Å²) in [4.78, 5) is -0.559. The van der Waals surface area contributed by atoms with Crippen LogP contribution in [0.5, 0.6) is 0 Å². The van der Waals surface area contributed by atoms with Gasteiger partial charge in [-0.15, -0.1) is 0 Å². The van der Waals surface area contributed by atoms with Crippen molar-refractivity contribution < 1.29 is 26.0 Å². The second kappa shape index (κ2) is 5.54. The summed E-state index contributed by atoms with van der Waals surface area (Å²) >= 11 is 0. The van der Waals surface area contributed by atoms with Crippen LogP contribution < -0.4 is 10.5 Å². The normalized spacial score (nSPS) is 17.8. The van der Waals surface area contributed by atoms with E-state index in [1.165, 1.54) is 0 Å². The fraction of sp³-hybridized carbons (Fsp3) is 0.500.